The maximum atomic E-state index is 14.5. The van der Waals surface area contributed by atoms with Gasteiger partial charge >= 0.3 is 0 Å². The van der Waals surface area contributed by atoms with Crippen LogP contribution in [0.2, 0.25) is 0 Å². The lowest BCUT2D eigenvalue weighted by atomic mass is 9.93. The van der Waals surface area contributed by atoms with Gasteiger partial charge in [-0.3, -0.25) is 4.90 Å². The van der Waals surface area contributed by atoms with Crippen molar-refractivity contribution >= 4 is 5.57 Å². The largest absolute Gasteiger partial charge is 0.493 e. The Morgan fingerprint density at radius 2 is 1.92 bits per heavy atom. The van der Waals surface area contributed by atoms with Gasteiger partial charge in [0.25, 0.3) is 0 Å². The molecule has 2 bridgehead atoms. The van der Waals surface area contributed by atoms with Gasteiger partial charge in [0.15, 0.2) is 0 Å². The zero-order valence-electron chi connectivity index (χ0n) is 14.6. The van der Waals surface area contributed by atoms with Gasteiger partial charge in [0, 0.05) is 18.6 Å². The number of benzene rings is 2. The molecular formula is C22H24FNO. The van der Waals surface area contributed by atoms with Gasteiger partial charge < -0.3 is 4.74 Å². The number of fused-ring (bicyclic) bond motifs is 2. The van der Waals surface area contributed by atoms with E-state index in [1.165, 1.54) is 18.1 Å². The summed E-state index contributed by atoms with van der Waals surface area (Å²) in [4.78, 5) is 2.57. The van der Waals surface area contributed by atoms with Crippen molar-refractivity contribution in [1.82, 2.24) is 4.90 Å². The number of ether oxygens (including phenoxy) is 1. The molecule has 2 aliphatic rings. The molecule has 3 heteroatoms. The number of halogens is 1. The van der Waals surface area contributed by atoms with Gasteiger partial charge in [0.2, 0.25) is 0 Å². The van der Waals surface area contributed by atoms with Gasteiger partial charge in [-0.15, -0.1) is 0 Å². The van der Waals surface area contributed by atoms with E-state index in [-0.39, 0.29) is 5.82 Å². The van der Waals surface area contributed by atoms with E-state index in [0.29, 0.717) is 30.0 Å². The fourth-order valence-electron chi connectivity index (χ4n) is 4.24. The first-order valence-corrected chi connectivity index (χ1v) is 9.18. The Hall–Kier alpha value is -2.13. The lowest BCUT2D eigenvalue weighted by Gasteiger charge is -2.34. The molecule has 2 heterocycles. The Balaban J connectivity index is 1.62. The van der Waals surface area contributed by atoms with Crippen LogP contribution in [-0.2, 0) is 6.54 Å². The molecule has 2 aromatic carbocycles. The highest BCUT2D eigenvalue weighted by molar-refractivity contribution is 5.73. The highest BCUT2D eigenvalue weighted by atomic mass is 19.1. The molecule has 1 fully saturated rings. The molecule has 2 aromatic rings. The van der Waals surface area contributed by atoms with Crippen molar-refractivity contribution in [3.05, 3.63) is 71.6 Å². The first-order chi connectivity index (χ1) is 12.3. The first kappa shape index (κ1) is 16.3. The van der Waals surface area contributed by atoms with Crippen LogP contribution in [0.3, 0.4) is 0 Å². The Kier molecular flexibility index (Phi) is 4.58. The van der Waals surface area contributed by atoms with Crippen molar-refractivity contribution in [2.45, 2.75) is 44.8 Å². The minimum Gasteiger partial charge on any atom is -0.493 e. The van der Waals surface area contributed by atoms with Crippen LogP contribution in [0, 0.1) is 5.82 Å². The van der Waals surface area contributed by atoms with Gasteiger partial charge in [-0.1, -0.05) is 42.5 Å². The SMILES string of the molecule is CCOc1cccc(F)c1C1=CC2CCC(C1)N2Cc1ccccc1. The summed E-state index contributed by atoms with van der Waals surface area (Å²) >= 11 is 0. The Bertz CT molecular complexity index is 771. The summed E-state index contributed by atoms with van der Waals surface area (Å²) < 4.78 is 20.2. The lowest BCUT2D eigenvalue weighted by molar-refractivity contribution is 0.203. The van der Waals surface area contributed by atoms with E-state index in [2.05, 4.69) is 41.3 Å². The summed E-state index contributed by atoms with van der Waals surface area (Å²) in [5.74, 6) is 0.498. The number of rotatable bonds is 5. The molecule has 0 radical (unpaired) electrons. The van der Waals surface area contributed by atoms with Crippen molar-refractivity contribution in [1.29, 1.82) is 0 Å². The molecule has 2 aliphatic heterocycles. The van der Waals surface area contributed by atoms with Crippen LogP contribution in [0.4, 0.5) is 4.39 Å². The normalized spacial score (nSPS) is 22.7. The van der Waals surface area contributed by atoms with Gasteiger partial charge in [0.1, 0.15) is 11.6 Å². The topological polar surface area (TPSA) is 12.5 Å². The minimum absolute atomic E-state index is 0.173. The average Bonchev–Trinajstić information content (AvgIpc) is 2.85. The Morgan fingerprint density at radius 3 is 2.68 bits per heavy atom. The van der Waals surface area contributed by atoms with E-state index >= 15 is 0 Å². The van der Waals surface area contributed by atoms with Crippen LogP contribution in [-0.4, -0.2) is 23.6 Å². The molecule has 0 saturated carbocycles. The van der Waals surface area contributed by atoms with Crippen molar-refractivity contribution < 1.29 is 9.13 Å². The fourth-order valence-corrected chi connectivity index (χ4v) is 4.24. The molecule has 130 valence electrons. The highest BCUT2D eigenvalue weighted by Crippen LogP contribution is 2.42. The summed E-state index contributed by atoms with van der Waals surface area (Å²) in [6.07, 6.45) is 5.49. The molecule has 0 aromatic heterocycles. The maximum Gasteiger partial charge on any atom is 0.134 e. The van der Waals surface area contributed by atoms with Crippen molar-refractivity contribution in [2.75, 3.05) is 6.61 Å². The summed E-state index contributed by atoms with van der Waals surface area (Å²) in [5.41, 5.74) is 3.12. The summed E-state index contributed by atoms with van der Waals surface area (Å²) in [6, 6.07) is 16.6. The quantitative estimate of drug-likeness (QED) is 0.757. The van der Waals surface area contributed by atoms with E-state index in [9.17, 15) is 4.39 Å². The van der Waals surface area contributed by atoms with Gasteiger partial charge in [-0.05, 0) is 49.5 Å². The Labute approximate surface area is 148 Å². The van der Waals surface area contributed by atoms with Crippen LogP contribution < -0.4 is 4.74 Å². The zero-order valence-corrected chi connectivity index (χ0v) is 14.6. The highest BCUT2D eigenvalue weighted by Gasteiger charge is 2.37. The van der Waals surface area contributed by atoms with Crippen molar-refractivity contribution in [3.8, 4) is 5.75 Å². The molecular weight excluding hydrogens is 313 g/mol. The zero-order chi connectivity index (χ0) is 17.2. The van der Waals surface area contributed by atoms with Gasteiger partial charge in [-0.25, -0.2) is 4.39 Å². The summed E-state index contributed by atoms with van der Waals surface area (Å²) in [5, 5.41) is 0. The molecule has 2 unspecified atom stereocenters. The van der Waals surface area contributed by atoms with Crippen molar-refractivity contribution in [2.24, 2.45) is 0 Å². The van der Waals surface area contributed by atoms with Crippen LogP contribution >= 0.6 is 0 Å². The van der Waals surface area contributed by atoms with Crippen LogP contribution in [0.5, 0.6) is 5.75 Å². The van der Waals surface area contributed by atoms with E-state index in [0.717, 1.165) is 25.0 Å². The second kappa shape index (κ2) is 7.01. The monoisotopic (exact) mass is 337 g/mol. The Morgan fingerprint density at radius 1 is 1.08 bits per heavy atom. The van der Waals surface area contributed by atoms with Gasteiger partial charge in [-0.2, -0.15) is 0 Å². The van der Waals surface area contributed by atoms with Crippen LogP contribution in [0.1, 0.15) is 37.3 Å². The van der Waals surface area contributed by atoms with E-state index in [1.54, 1.807) is 6.07 Å². The molecule has 0 amide bonds. The fraction of sp³-hybridized carbons (Fsp3) is 0.364. The maximum absolute atomic E-state index is 14.5. The number of hydrogen-bond acceptors (Lipinski definition) is 2. The third kappa shape index (κ3) is 3.21. The standard InChI is InChI=1S/C22H24FNO/c1-2-25-21-10-6-9-20(23)22(21)17-13-18-11-12-19(14-17)24(18)15-16-7-4-3-5-8-16/h3-10,13,18-19H,2,11-12,14-15H2,1H3. The van der Waals surface area contributed by atoms with Crippen LogP contribution in [0.15, 0.2) is 54.6 Å². The van der Waals surface area contributed by atoms with E-state index < -0.39 is 0 Å². The van der Waals surface area contributed by atoms with Crippen molar-refractivity contribution in [3.63, 3.8) is 0 Å². The molecule has 0 N–H and O–H groups in total. The predicted molar refractivity (Wildman–Crippen MR) is 99.0 cm³/mol. The predicted octanol–water partition coefficient (Wildman–Crippen LogP) is 5.04. The van der Waals surface area contributed by atoms with E-state index in [1.807, 2.05) is 13.0 Å². The smallest absolute Gasteiger partial charge is 0.134 e. The number of hydrogen-bond donors (Lipinski definition) is 0. The second-order valence-corrected chi connectivity index (χ2v) is 6.90. The molecule has 25 heavy (non-hydrogen) atoms. The molecule has 2 nitrogen and oxygen atoms in total. The third-order valence-corrected chi connectivity index (χ3v) is 5.34. The lowest BCUT2D eigenvalue weighted by Crippen LogP contribution is -2.37. The summed E-state index contributed by atoms with van der Waals surface area (Å²) in [7, 11) is 0. The average molecular weight is 337 g/mol. The molecule has 1 saturated heterocycles. The molecule has 4 rings (SSSR count). The first-order valence-electron chi connectivity index (χ1n) is 9.18. The minimum atomic E-state index is -0.173. The molecule has 0 spiro atoms. The third-order valence-electron chi connectivity index (χ3n) is 5.34. The van der Waals surface area contributed by atoms with Crippen LogP contribution in [0.25, 0.3) is 5.57 Å². The van der Waals surface area contributed by atoms with E-state index in [4.69, 9.17) is 4.74 Å². The summed E-state index contributed by atoms with van der Waals surface area (Å²) in [6.45, 7) is 3.46. The van der Waals surface area contributed by atoms with Gasteiger partial charge in [0.05, 0.1) is 12.2 Å². The molecule has 0 aliphatic carbocycles. The second-order valence-electron chi connectivity index (χ2n) is 6.90. The molecule has 2 atom stereocenters. The number of nitrogens with zero attached hydrogens (tertiary/aromatic N) is 1.